The summed E-state index contributed by atoms with van der Waals surface area (Å²) in [6.45, 7) is 9.34. The highest BCUT2D eigenvalue weighted by Gasteiger charge is 2.31. The van der Waals surface area contributed by atoms with Crippen LogP contribution in [0.3, 0.4) is 0 Å². The molecule has 0 bridgehead atoms. The minimum absolute atomic E-state index is 0.0685. The summed E-state index contributed by atoms with van der Waals surface area (Å²) in [5.74, 6) is -2.95. The number of ether oxygens (including phenoxy) is 1. The molecule has 1 aromatic rings. The molecule has 0 aliphatic heterocycles. The van der Waals surface area contributed by atoms with Crippen molar-refractivity contribution in [2.24, 2.45) is 17.6 Å². The van der Waals surface area contributed by atoms with Gasteiger partial charge in [0.1, 0.15) is 24.2 Å². The maximum atomic E-state index is 13.3. The lowest BCUT2D eigenvalue weighted by molar-refractivity contribution is -0.156. The number of nitrogens with one attached hydrogen (secondary N) is 2. The molecular weight excluding hydrogens is 590 g/mol. The molecular formula is C31H50BrN3O6. The fourth-order valence-electron chi connectivity index (χ4n) is 4.38. The molecule has 1 rings (SSSR count). The summed E-state index contributed by atoms with van der Waals surface area (Å²) >= 11 is 3.38. The topological polar surface area (TPSA) is 148 Å². The van der Waals surface area contributed by atoms with Crippen LogP contribution in [0.15, 0.2) is 28.7 Å². The second kappa shape index (κ2) is 19.6. The number of halogens is 1. The maximum Gasteiger partial charge on any atom is 0.325 e. The van der Waals surface area contributed by atoms with Crippen LogP contribution >= 0.6 is 15.9 Å². The fourth-order valence-corrected chi connectivity index (χ4v) is 4.65. The van der Waals surface area contributed by atoms with E-state index in [0.29, 0.717) is 0 Å². The van der Waals surface area contributed by atoms with Crippen molar-refractivity contribution in [2.75, 3.05) is 0 Å². The van der Waals surface area contributed by atoms with Crippen molar-refractivity contribution in [1.82, 2.24) is 10.6 Å². The Labute approximate surface area is 253 Å². The summed E-state index contributed by atoms with van der Waals surface area (Å²) in [5.41, 5.74) is 6.91. The van der Waals surface area contributed by atoms with E-state index in [9.17, 15) is 24.3 Å². The number of aliphatic carboxylic acids is 1. The van der Waals surface area contributed by atoms with Crippen LogP contribution in [0.4, 0.5) is 0 Å². The van der Waals surface area contributed by atoms with Crippen LogP contribution in [-0.2, 0) is 30.3 Å². The second-order valence-corrected chi connectivity index (χ2v) is 12.1. The van der Waals surface area contributed by atoms with Crippen LogP contribution in [-0.4, -0.2) is 53.1 Å². The van der Waals surface area contributed by atoms with Gasteiger partial charge in [-0.1, -0.05) is 101 Å². The molecule has 0 aliphatic carbocycles. The molecule has 41 heavy (non-hydrogen) atoms. The Balaban J connectivity index is 3.03. The molecule has 232 valence electrons. The summed E-state index contributed by atoms with van der Waals surface area (Å²) in [7, 11) is 0. The summed E-state index contributed by atoms with van der Waals surface area (Å²) in [6, 6.07) is 4.36. The highest BCUT2D eigenvalue weighted by Crippen LogP contribution is 2.22. The smallest absolute Gasteiger partial charge is 0.325 e. The first kappa shape index (κ1) is 36.6. The number of carbonyl (C=O) groups excluding carboxylic acids is 3. The van der Waals surface area contributed by atoms with Gasteiger partial charge in [0, 0.05) is 10.9 Å². The van der Waals surface area contributed by atoms with Crippen molar-refractivity contribution in [3.05, 3.63) is 34.3 Å². The van der Waals surface area contributed by atoms with Crippen molar-refractivity contribution in [2.45, 2.75) is 123 Å². The number of unbranched alkanes of at least 4 members (excludes halogenated alkanes) is 5. The van der Waals surface area contributed by atoms with Crippen LogP contribution in [0.25, 0.3) is 0 Å². The Morgan fingerprint density at radius 2 is 1.54 bits per heavy atom. The first-order valence-corrected chi connectivity index (χ1v) is 15.7. The van der Waals surface area contributed by atoms with Gasteiger partial charge in [-0.15, -0.1) is 0 Å². The Kier molecular flexibility index (Phi) is 17.5. The number of nitrogens with two attached hydrogens (primary N) is 1. The van der Waals surface area contributed by atoms with Crippen LogP contribution in [0.2, 0.25) is 0 Å². The number of rotatable bonds is 20. The molecule has 2 amide bonds. The van der Waals surface area contributed by atoms with E-state index in [4.69, 9.17) is 10.5 Å². The Morgan fingerprint density at radius 1 is 0.927 bits per heavy atom. The molecule has 0 saturated carbocycles. The molecule has 0 saturated heterocycles. The summed E-state index contributed by atoms with van der Waals surface area (Å²) < 4.78 is 6.69. The summed E-state index contributed by atoms with van der Waals surface area (Å²) in [6.07, 6.45) is 7.58. The second-order valence-electron chi connectivity index (χ2n) is 11.1. The first-order valence-electron chi connectivity index (χ1n) is 14.9. The van der Waals surface area contributed by atoms with E-state index in [-0.39, 0.29) is 24.7 Å². The van der Waals surface area contributed by atoms with Gasteiger partial charge >= 0.3 is 11.9 Å². The van der Waals surface area contributed by atoms with Crippen molar-refractivity contribution in [3.8, 4) is 0 Å². The Bertz CT molecular complexity index is 958. The van der Waals surface area contributed by atoms with Crippen LogP contribution in [0.1, 0.15) is 98.0 Å². The molecule has 0 spiro atoms. The number of hydrogen-bond donors (Lipinski definition) is 4. The molecule has 0 aliphatic rings. The summed E-state index contributed by atoms with van der Waals surface area (Å²) in [5, 5.41) is 14.4. The monoisotopic (exact) mass is 639 g/mol. The van der Waals surface area contributed by atoms with Gasteiger partial charge in [0.25, 0.3) is 0 Å². The largest absolute Gasteiger partial charge is 0.480 e. The molecule has 0 radical (unpaired) electrons. The van der Waals surface area contributed by atoms with E-state index in [2.05, 4.69) is 33.5 Å². The average molecular weight is 641 g/mol. The van der Waals surface area contributed by atoms with Crippen LogP contribution in [0.5, 0.6) is 0 Å². The minimum atomic E-state index is -1.18. The number of carboxylic acid groups (broad SMARTS) is 1. The predicted molar refractivity (Wildman–Crippen MR) is 164 cm³/mol. The number of amides is 2. The standard InChI is InChI=1S/C31H50BrN3O6/c1-6-8-9-10-11-12-13-21(4)26(41-31(40)28(33)20(3)7-2)19-27(36)35-25(29(37)34-22(5)30(38)39)18-23-14-16-24(32)17-15-23/h14-17,20-22,25-26,28H,6-13,18-19,33H2,1-5H3,(H,34,37)(H,35,36)(H,38,39)/t20-,21-,22-,25-,26-,28+/m0/s1. The lowest BCUT2D eigenvalue weighted by atomic mass is 9.93. The highest BCUT2D eigenvalue weighted by molar-refractivity contribution is 9.10. The molecule has 1 aromatic carbocycles. The van der Waals surface area contributed by atoms with Gasteiger partial charge in [-0.2, -0.15) is 0 Å². The zero-order valence-corrected chi connectivity index (χ0v) is 26.9. The zero-order valence-electron chi connectivity index (χ0n) is 25.3. The van der Waals surface area contributed by atoms with Crippen molar-refractivity contribution < 1.29 is 29.0 Å². The quantitative estimate of drug-likeness (QED) is 0.114. The summed E-state index contributed by atoms with van der Waals surface area (Å²) in [4.78, 5) is 50.5. The Morgan fingerprint density at radius 3 is 2.12 bits per heavy atom. The molecule has 0 unspecified atom stereocenters. The van der Waals surface area contributed by atoms with Crippen molar-refractivity contribution >= 4 is 39.7 Å². The van der Waals surface area contributed by atoms with Gasteiger partial charge in [-0.3, -0.25) is 19.2 Å². The lowest BCUT2D eigenvalue weighted by Crippen LogP contribution is -2.52. The van der Waals surface area contributed by atoms with E-state index in [1.165, 1.54) is 26.2 Å². The van der Waals surface area contributed by atoms with Gasteiger partial charge < -0.3 is 26.2 Å². The zero-order chi connectivity index (χ0) is 30.9. The van der Waals surface area contributed by atoms with Gasteiger partial charge in [0.05, 0.1) is 6.42 Å². The van der Waals surface area contributed by atoms with Crippen molar-refractivity contribution in [3.63, 3.8) is 0 Å². The predicted octanol–water partition coefficient (Wildman–Crippen LogP) is 5.13. The normalized spacial score (nSPS) is 15.6. The number of carboxylic acids is 1. The van der Waals surface area contributed by atoms with Gasteiger partial charge in [0.15, 0.2) is 0 Å². The number of carbonyl (C=O) groups is 4. The van der Waals surface area contributed by atoms with Crippen LogP contribution in [0, 0.1) is 11.8 Å². The van der Waals surface area contributed by atoms with Gasteiger partial charge in [-0.05, 0) is 42.9 Å². The molecule has 10 heteroatoms. The molecule has 0 heterocycles. The van der Waals surface area contributed by atoms with Crippen molar-refractivity contribution in [1.29, 1.82) is 0 Å². The molecule has 6 atom stereocenters. The third-order valence-corrected chi connectivity index (χ3v) is 8.09. The number of esters is 1. The Hall–Kier alpha value is -2.46. The number of benzene rings is 1. The third-order valence-electron chi connectivity index (χ3n) is 7.56. The highest BCUT2D eigenvalue weighted by atomic mass is 79.9. The minimum Gasteiger partial charge on any atom is -0.480 e. The maximum absolute atomic E-state index is 13.3. The molecule has 0 fully saturated rings. The fraction of sp³-hybridized carbons (Fsp3) is 0.677. The van der Waals surface area contributed by atoms with E-state index in [1.807, 2.05) is 45.0 Å². The average Bonchev–Trinajstić information content (AvgIpc) is 2.93. The first-order chi connectivity index (χ1) is 19.4. The van der Waals surface area contributed by atoms with Gasteiger partial charge in [-0.25, -0.2) is 0 Å². The SMILES string of the molecule is CCCCCCCC[C@H](C)[C@H](CC(=O)N[C@@H](Cc1ccc(Br)cc1)C(=O)N[C@@H](C)C(=O)O)OC(=O)[C@H](N)[C@@H](C)CC. The van der Waals surface area contributed by atoms with E-state index < -0.39 is 48.0 Å². The number of hydrogen-bond acceptors (Lipinski definition) is 6. The lowest BCUT2D eigenvalue weighted by Gasteiger charge is -2.27. The molecule has 5 N–H and O–H groups in total. The van der Waals surface area contributed by atoms with E-state index in [1.54, 1.807) is 0 Å². The third kappa shape index (κ3) is 14.3. The van der Waals surface area contributed by atoms with Crippen LogP contribution < -0.4 is 16.4 Å². The molecule has 0 aromatic heterocycles. The molecule has 9 nitrogen and oxygen atoms in total. The van der Waals surface area contributed by atoms with E-state index in [0.717, 1.165) is 42.1 Å². The van der Waals surface area contributed by atoms with Gasteiger partial charge in [0.2, 0.25) is 11.8 Å². The van der Waals surface area contributed by atoms with E-state index >= 15 is 0 Å².